The highest BCUT2D eigenvalue weighted by Crippen LogP contribution is 2.24. The van der Waals surface area contributed by atoms with Crippen LogP contribution in [-0.4, -0.2) is 27.1 Å². The molecular formula is C19H18N4O2S. The Kier molecular flexibility index (Phi) is 5.38. The topological polar surface area (TPSA) is 90.0 Å². The fourth-order valence-electron chi connectivity index (χ4n) is 2.59. The summed E-state index contributed by atoms with van der Waals surface area (Å²) in [5, 5.41) is 3.47. The van der Waals surface area contributed by atoms with Crippen LogP contribution < -0.4 is 11.1 Å². The van der Waals surface area contributed by atoms with Crippen LogP contribution in [-0.2, 0) is 11.3 Å². The van der Waals surface area contributed by atoms with Crippen molar-refractivity contribution in [2.24, 2.45) is 5.73 Å². The largest absolute Gasteiger partial charge is 0.366 e. The second kappa shape index (κ2) is 7.88. The van der Waals surface area contributed by atoms with Gasteiger partial charge in [0.15, 0.2) is 5.16 Å². The van der Waals surface area contributed by atoms with E-state index in [1.165, 1.54) is 11.8 Å². The van der Waals surface area contributed by atoms with Gasteiger partial charge in [-0.3, -0.25) is 9.59 Å². The molecule has 0 aliphatic carbocycles. The molecule has 0 spiro atoms. The molecule has 3 aromatic rings. The minimum absolute atomic E-state index is 0.160. The number of amides is 2. The summed E-state index contributed by atoms with van der Waals surface area (Å²) in [5.41, 5.74) is 7.89. The Morgan fingerprint density at radius 3 is 2.69 bits per heavy atom. The van der Waals surface area contributed by atoms with E-state index in [-0.39, 0.29) is 17.2 Å². The number of nitrogens with zero attached hydrogens (tertiary/aromatic N) is 2. The first-order valence-corrected chi connectivity index (χ1v) is 8.96. The zero-order valence-electron chi connectivity index (χ0n) is 14.0. The number of hydrogen-bond acceptors (Lipinski definition) is 4. The van der Waals surface area contributed by atoms with E-state index in [0.717, 1.165) is 16.2 Å². The predicted octanol–water partition coefficient (Wildman–Crippen LogP) is 3.05. The van der Waals surface area contributed by atoms with E-state index in [0.29, 0.717) is 12.2 Å². The van der Waals surface area contributed by atoms with E-state index in [1.54, 1.807) is 30.3 Å². The summed E-state index contributed by atoms with van der Waals surface area (Å²) in [4.78, 5) is 28.3. The molecule has 0 unspecified atom stereocenters. The molecule has 0 radical (unpaired) electrons. The normalized spacial score (nSPS) is 10.6. The molecule has 132 valence electrons. The van der Waals surface area contributed by atoms with Gasteiger partial charge < -0.3 is 15.6 Å². The third-order valence-electron chi connectivity index (χ3n) is 3.73. The highest BCUT2D eigenvalue weighted by atomic mass is 32.2. The van der Waals surface area contributed by atoms with Gasteiger partial charge in [0.05, 0.1) is 28.0 Å². The molecule has 0 bridgehead atoms. The van der Waals surface area contributed by atoms with E-state index < -0.39 is 5.91 Å². The van der Waals surface area contributed by atoms with Crippen molar-refractivity contribution in [3.05, 3.63) is 66.7 Å². The smallest absolute Gasteiger partial charge is 0.250 e. The van der Waals surface area contributed by atoms with Crippen LogP contribution in [0.15, 0.2) is 66.3 Å². The number of nitrogens with one attached hydrogen (secondary N) is 1. The number of hydrogen-bond donors (Lipinski definition) is 2. The van der Waals surface area contributed by atoms with Crippen molar-refractivity contribution in [2.75, 3.05) is 11.1 Å². The lowest BCUT2D eigenvalue weighted by molar-refractivity contribution is -0.113. The van der Waals surface area contributed by atoms with Crippen LogP contribution in [0.3, 0.4) is 0 Å². The molecule has 0 atom stereocenters. The molecule has 0 fully saturated rings. The fourth-order valence-corrected chi connectivity index (χ4v) is 3.42. The lowest BCUT2D eigenvalue weighted by Gasteiger charge is -2.09. The molecule has 2 amide bonds. The molecule has 1 heterocycles. The van der Waals surface area contributed by atoms with Crippen LogP contribution in [0.1, 0.15) is 10.4 Å². The van der Waals surface area contributed by atoms with Crippen molar-refractivity contribution in [3.63, 3.8) is 0 Å². The second-order valence-corrected chi connectivity index (χ2v) is 6.47. The van der Waals surface area contributed by atoms with Crippen LogP contribution in [0.2, 0.25) is 0 Å². The van der Waals surface area contributed by atoms with E-state index in [9.17, 15) is 9.59 Å². The van der Waals surface area contributed by atoms with E-state index in [1.807, 2.05) is 28.8 Å². The number of rotatable bonds is 7. The number of imidazole rings is 1. The third-order valence-corrected chi connectivity index (χ3v) is 4.71. The molecule has 26 heavy (non-hydrogen) atoms. The number of carbonyl (C=O) groups is 2. The van der Waals surface area contributed by atoms with Crippen molar-refractivity contribution < 1.29 is 9.59 Å². The fraction of sp³-hybridized carbons (Fsp3) is 0.105. The highest BCUT2D eigenvalue weighted by Gasteiger charge is 2.14. The van der Waals surface area contributed by atoms with E-state index >= 15 is 0 Å². The first kappa shape index (κ1) is 17.8. The molecule has 1 aromatic heterocycles. The quantitative estimate of drug-likeness (QED) is 0.497. The monoisotopic (exact) mass is 366 g/mol. The van der Waals surface area contributed by atoms with Gasteiger partial charge in [0.25, 0.3) is 5.91 Å². The van der Waals surface area contributed by atoms with Crippen LogP contribution in [0, 0.1) is 0 Å². The Morgan fingerprint density at radius 1 is 1.19 bits per heavy atom. The van der Waals surface area contributed by atoms with Gasteiger partial charge in [0.1, 0.15) is 0 Å². The maximum absolute atomic E-state index is 12.3. The van der Waals surface area contributed by atoms with Crippen molar-refractivity contribution in [1.82, 2.24) is 9.55 Å². The summed E-state index contributed by atoms with van der Waals surface area (Å²) >= 11 is 1.33. The first-order chi connectivity index (χ1) is 12.6. The van der Waals surface area contributed by atoms with Crippen LogP contribution in [0.25, 0.3) is 11.0 Å². The van der Waals surface area contributed by atoms with E-state index in [4.69, 9.17) is 5.73 Å². The molecular weight excluding hydrogens is 348 g/mol. The zero-order chi connectivity index (χ0) is 18.5. The molecule has 3 rings (SSSR count). The summed E-state index contributed by atoms with van der Waals surface area (Å²) < 4.78 is 2.01. The number of benzene rings is 2. The van der Waals surface area contributed by atoms with Crippen molar-refractivity contribution in [2.45, 2.75) is 11.7 Å². The Bertz CT molecular complexity index is 981. The van der Waals surface area contributed by atoms with Gasteiger partial charge in [0, 0.05) is 6.54 Å². The number of carbonyl (C=O) groups excluding carboxylic acids is 2. The minimum Gasteiger partial charge on any atom is -0.366 e. The zero-order valence-corrected chi connectivity index (χ0v) is 14.8. The number of thioether (sulfide) groups is 1. The Morgan fingerprint density at radius 2 is 1.92 bits per heavy atom. The highest BCUT2D eigenvalue weighted by molar-refractivity contribution is 7.99. The van der Waals surface area contributed by atoms with Gasteiger partial charge in [-0.05, 0) is 24.3 Å². The van der Waals surface area contributed by atoms with E-state index in [2.05, 4.69) is 16.9 Å². The minimum atomic E-state index is -0.582. The average Bonchev–Trinajstić information content (AvgIpc) is 2.98. The van der Waals surface area contributed by atoms with Crippen LogP contribution in [0.4, 0.5) is 5.69 Å². The van der Waals surface area contributed by atoms with Gasteiger partial charge in [-0.1, -0.05) is 42.1 Å². The van der Waals surface area contributed by atoms with Gasteiger partial charge in [-0.15, -0.1) is 6.58 Å². The van der Waals surface area contributed by atoms with Crippen molar-refractivity contribution >= 4 is 40.3 Å². The Balaban J connectivity index is 1.74. The maximum Gasteiger partial charge on any atom is 0.250 e. The van der Waals surface area contributed by atoms with Gasteiger partial charge in [-0.2, -0.15) is 0 Å². The Hall–Kier alpha value is -3.06. The standard InChI is InChI=1S/C19H18N4O2S/c1-2-11-23-16-10-6-5-9-15(16)22-19(23)26-12-17(24)21-14-8-4-3-7-13(14)18(20)25/h2-10H,1,11-12H2,(H2,20,25)(H,21,24). The predicted molar refractivity (Wildman–Crippen MR) is 104 cm³/mol. The average molecular weight is 366 g/mol. The number of primary amides is 1. The van der Waals surface area contributed by atoms with Gasteiger partial charge in [-0.25, -0.2) is 4.98 Å². The number of nitrogens with two attached hydrogens (primary N) is 1. The maximum atomic E-state index is 12.3. The summed E-state index contributed by atoms with van der Waals surface area (Å²) in [5.74, 6) is -0.657. The molecule has 0 saturated heterocycles. The van der Waals surface area contributed by atoms with Gasteiger partial charge >= 0.3 is 0 Å². The summed E-state index contributed by atoms with van der Waals surface area (Å²) in [7, 11) is 0. The second-order valence-electron chi connectivity index (χ2n) is 5.53. The molecule has 6 nitrogen and oxygen atoms in total. The molecule has 7 heteroatoms. The number of fused-ring (bicyclic) bond motifs is 1. The molecule has 0 aliphatic rings. The van der Waals surface area contributed by atoms with Crippen molar-refractivity contribution in [3.8, 4) is 0 Å². The van der Waals surface area contributed by atoms with Crippen molar-refractivity contribution in [1.29, 1.82) is 0 Å². The molecule has 0 saturated carbocycles. The first-order valence-electron chi connectivity index (χ1n) is 7.98. The number of allylic oxidation sites excluding steroid dienone is 1. The lowest BCUT2D eigenvalue weighted by Crippen LogP contribution is -2.19. The number of aromatic nitrogens is 2. The summed E-state index contributed by atoms with van der Waals surface area (Å²) in [6, 6.07) is 14.5. The third kappa shape index (κ3) is 3.78. The SMILES string of the molecule is C=CCn1c(SCC(=O)Nc2ccccc2C(N)=O)nc2ccccc21. The molecule has 0 aliphatic heterocycles. The van der Waals surface area contributed by atoms with Gasteiger partial charge in [0.2, 0.25) is 5.91 Å². The van der Waals surface area contributed by atoms with Crippen LogP contribution >= 0.6 is 11.8 Å². The summed E-state index contributed by atoms with van der Waals surface area (Å²) in [6.07, 6.45) is 1.79. The molecule has 3 N–H and O–H groups in total. The molecule has 2 aromatic carbocycles. The Labute approximate surface area is 155 Å². The number of para-hydroxylation sites is 3. The number of anilines is 1. The lowest BCUT2D eigenvalue weighted by atomic mass is 10.1. The summed E-state index contributed by atoms with van der Waals surface area (Å²) in [6.45, 7) is 4.39. The van der Waals surface area contributed by atoms with Crippen LogP contribution in [0.5, 0.6) is 0 Å².